The molecule has 0 radical (unpaired) electrons. The molecule has 2 rings (SSSR count). The van der Waals surface area contributed by atoms with Crippen molar-refractivity contribution in [2.75, 3.05) is 11.4 Å². The van der Waals surface area contributed by atoms with Gasteiger partial charge in [-0.25, -0.2) is 4.79 Å². The molecule has 0 spiro atoms. The third-order valence-corrected chi connectivity index (χ3v) is 2.84. The summed E-state index contributed by atoms with van der Waals surface area (Å²) in [5, 5.41) is 11.2. The molecule has 1 heterocycles. The number of nitrogens with one attached hydrogen (secondary N) is 1. The maximum Gasteiger partial charge on any atom is 0.325 e. The smallest absolute Gasteiger partial charge is 0.325 e. The Balaban J connectivity index is 2.10. The Labute approximate surface area is 99.0 Å². The van der Waals surface area contributed by atoms with Crippen molar-refractivity contribution in [3.8, 4) is 0 Å². The Bertz CT molecular complexity index is 459. The molecule has 0 saturated carbocycles. The van der Waals surface area contributed by atoms with Gasteiger partial charge >= 0.3 is 12.0 Å². The van der Waals surface area contributed by atoms with Gasteiger partial charge in [0.15, 0.2) is 0 Å². The third-order valence-electron chi connectivity index (χ3n) is 2.84. The normalized spacial score (nSPS) is 15.2. The van der Waals surface area contributed by atoms with Crippen LogP contribution in [0.1, 0.15) is 12.5 Å². The number of carboxylic acids is 1. The Morgan fingerprint density at radius 1 is 1.41 bits per heavy atom. The fraction of sp³-hybridized carbons (Fsp3) is 0.333. The topological polar surface area (TPSA) is 69.6 Å². The zero-order valence-electron chi connectivity index (χ0n) is 9.51. The van der Waals surface area contributed by atoms with Gasteiger partial charge in [-0.15, -0.1) is 0 Å². The van der Waals surface area contributed by atoms with E-state index in [1.54, 1.807) is 4.90 Å². The molecule has 0 fully saturated rings. The SMILES string of the molecule is CC(NC(=O)N1CCc2ccccc21)C(=O)O. The number of amides is 2. The summed E-state index contributed by atoms with van der Waals surface area (Å²) in [6.45, 7) is 2.04. The van der Waals surface area contributed by atoms with Crippen molar-refractivity contribution in [1.82, 2.24) is 5.32 Å². The van der Waals surface area contributed by atoms with Gasteiger partial charge in [-0.1, -0.05) is 18.2 Å². The lowest BCUT2D eigenvalue weighted by Crippen LogP contribution is -2.46. The summed E-state index contributed by atoms with van der Waals surface area (Å²) in [6, 6.07) is 6.40. The molecule has 0 aliphatic carbocycles. The number of urea groups is 1. The Kier molecular flexibility index (Phi) is 2.99. The Morgan fingerprint density at radius 2 is 2.12 bits per heavy atom. The molecule has 2 N–H and O–H groups in total. The van der Waals surface area contributed by atoms with Crippen LogP contribution in [0.25, 0.3) is 0 Å². The highest BCUT2D eigenvalue weighted by Gasteiger charge is 2.26. The van der Waals surface area contributed by atoms with E-state index < -0.39 is 12.0 Å². The summed E-state index contributed by atoms with van der Waals surface area (Å²) in [6.07, 6.45) is 0.811. The molecule has 5 nitrogen and oxygen atoms in total. The Hall–Kier alpha value is -2.04. The Morgan fingerprint density at radius 3 is 2.82 bits per heavy atom. The number of benzene rings is 1. The van der Waals surface area contributed by atoms with Gasteiger partial charge in [0, 0.05) is 12.2 Å². The molecule has 1 aliphatic rings. The fourth-order valence-corrected chi connectivity index (χ4v) is 1.87. The van der Waals surface area contributed by atoms with Gasteiger partial charge in [-0.2, -0.15) is 0 Å². The molecule has 1 aromatic rings. The van der Waals surface area contributed by atoms with Crippen LogP contribution in [0.3, 0.4) is 0 Å². The number of para-hydroxylation sites is 1. The minimum Gasteiger partial charge on any atom is -0.480 e. The fourth-order valence-electron chi connectivity index (χ4n) is 1.87. The summed E-state index contributed by atoms with van der Waals surface area (Å²) in [5.74, 6) is -1.04. The van der Waals surface area contributed by atoms with E-state index in [2.05, 4.69) is 5.32 Å². The molecule has 0 bridgehead atoms. The maximum atomic E-state index is 11.9. The number of aliphatic carboxylic acids is 1. The zero-order chi connectivity index (χ0) is 12.4. The van der Waals surface area contributed by atoms with Crippen LogP contribution in [0.2, 0.25) is 0 Å². The molecular weight excluding hydrogens is 220 g/mol. The molecule has 5 heteroatoms. The predicted molar refractivity (Wildman–Crippen MR) is 63.1 cm³/mol. The van der Waals surface area contributed by atoms with E-state index in [1.807, 2.05) is 24.3 Å². The summed E-state index contributed by atoms with van der Waals surface area (Å²) >= 11 is 0. The first-order valence-electron chi connectivity index (χ1n) is 5.48. The summed E-state index contributed by atoms with van der Waals surface area (Å²) in [7, 11) is 0. The van der Waals surface area contributed by atoms with Crippen LogP contribution in [-0.4, -0.2) is 29.7 Å². The van der Waals surface area contributed by atoms with Crippen molar-refractivity contribution in [1.29, 1.82) is 0 Å². The molecule has 2 amide bonds. The molecule has 1 aliphatic heterocycles. The van der Waals surface area contributed by atoms with Crippen molar-refractivity contribution in [2.24, 2.45) is 0 Å². The first-order valence-corrected chi connectivity index (χ1v) is 5.48. The van der Waals surface area contributed by atoms with Crippen molar-refractivity contribution < 1.29 is 14.7 Å². The highest BCUT2D eigenvalue weighted by molar-refractivity contribution is 5.96. The average Bonchev–Trinajstić information content (AvgIpc) is 2.72. The van der Waals surface area contributed by atoms with Crippen LogP contribution >= 0.6 is 0 Å². The average molecular weight is 234 g/mol. The van der Waals surface area contributed by atoms with E-state index in [0.717, 1.165) is 17.7 Å². The molecule has 0 aromatic heterocycles. The number of carboxylic acid groups (broad SMARTS) is 1. The second-order valence-corrected chi connectivity index (χ2v) is 4.04. The number of hydrogen-bond donors (Lipinski definition) is 2. The van der Waals surface area contributed by atoms with E-state index in [4.69, 9.17) is 5.11 Å². The summed E-state index contributed by atoms with van der Waals surface area (Å²) < 4.78 is 0. The van der Waals surface area contributed by atoms with E-state index in [1.165, 1.54) is 6.92 Å². The summed E-state index contributed by atoms with van der Waals surface area (Å²) in [4.78, 5) is 24.1. The molecular formula is C12H14N2O3. The number of nitrogens with zero attached hydrogens (tertiary/aromatic N) is 1. The molecule has 0 saturated heterocycles. The number of carbonyl (C=O) groups is 2. The highest BCUT2D eigenvalue weighted by atomic mass is 16.4. The van der Waals surface area contributed by atoms with E-state index in [9.17, 15) is 9.59 Å². The van der Waals surface area contributed by atoms with Crippen LogP contribution in [0.5, 0.6) is 0 Å². The first-order chi connectivity index (χ1) is 8.09. The number of hydrogen-bond acceptors (Lipinski definition) is 2. The van der Waals surface area contributed by atoms with Crippen LogP contribution in [0, 0.1) is 0 Å². The number of carbonyl (C=O) groups excluding carboxylic acids is 1. The minimum absolute atomic E-state index is 0.357. The first kappa shape index (κ1) is 11.4. The number of fused-ring (bicyclic) bond motifs is 1. The van der Waals surface area contributed by atoms with Gasteiger partial charge < -0.3 is 10.4 Å². The lowest BCUT2D eigenvalue weighted by Gasteiger charge is -2.19. The monoisotopic (exact) mass is 234 g/mol. The van der Waals surface area contributed by atoms with Crippen molar-refractivity contribution in [3.63, 3.8) is 0 Å². The van der Waals surface area contributed by atoms with Gasteiger partial charge in [0.05, 0.1) is 0 Å². The van der Waals surface area contributed by atoms with Gasteiger partial charge in [0.25, 0.3) is 0 Å². The van der Waals surface area contributed by atoms with Gasteiger partial charge in [0.2, 0.25) is 0 Å². The maximum absolute atomic E-state index is 11.9. The highest BCUT2D eigenvalue weighted by Crippen LogP contribution is 2.27. The van der Waals surface area contributed by atoms with Crippen LogP contribution in [0.15, 0.2) is 24.3 Å². The minimum atomic E-state index is -1.04. The lowest BCUT2D eigenvalue weighted by atomic mass is 10.2. The van der Waals surface area contributed by atoms with E-state index >= 15 is 0 Å². The lowest BCUT2D eigenvalue weighted by molar-refractivity contribution is -0.138. The van der Waals surface area contributed by atoms with Gasteiger partial charge in [0.1, 0.15) is 6.04 Å². The number of rotatable bonds is 2. The molecule has 90 valence electrons. The molecule has 1 atom stereocenters. The predicted octanol–water partition coefficient (Wildman–Crippen LogP) is 1.23. The van der Waals surface area contributed by atoms with Crippen molar-refractivity contribution in [2.45, 2.75) is 19.4 Å². The number of anilines is 1. The summed E-state index contributed by atoms with van der Waals surface area (Å²) in [5.41, 5.74) is 1.98. The van der Waals surface area contributed by atoms with Crippen molar-refractivity contribution in [3.05, 3.63) is 29.8 Å². The molecule has 17 heavy (non-hydrogen) atoms. The third kappa shape index (κ3) is 2.22. The quantitative estimate of drug-likeness (QED) is 0.808. The van der Waals surface area contributed by atoms with E-state index in [-0.39, 0.29) is 6.03 Å². The molecule has 1 aromatic carbocycles. The second-order valence-electron chi connectivity index (χ2n) is 4.04. The van der Waals surface area contributed by atoms with Crippen molar-refractivity contribution >= 4 is 17.7 Å². The zero-order valence-corrected chi connectivity index (χ0v) is 9.51. The van der Waals surface area contributed by atoms with Crippen LogP contribution < -0.4 is 10.2 Å². The van der Waals surface area contributed by atoms with E-state index in [0.29, 0.717) is 6.54 Å². The van der Waals surface area contributed by atoms with Gasteiger partial charge in [-0.05, 0) is 25.0 Å². The van der Waals surface area contributed by atoms with Gasteiger partial charge in [-0.3, -0.25) is 9.69 Å². The second kappa shape index (κ2) is 4.45. The largest absolute Gasteiger partial charge is 0.480 e. The standard InChI is InChI=1S/C12H14N2O3/c1-8(11(15)16)13-12(17)14-7-6-9-4-2-3-5-10(9)14/h2-5,8H,6-7H2,1H3,(H,13,17)(H,15,16). The van der Waals surface area contributed by atoms with Crippen LogP contribution in [-0.2, 0) is 11.2 Å². The van der Waals surface area contributed by atoms with Crippen LogP contribution in [0.4, 0.5) is 10.5 Å². The molecule has 1 unspecified atom stereocenters.